The van der Waals surface area contributed by atoms with Gasteiger partial charge in [-0.1, -0.05) is 6.07 Å². The van der Waals surface area contributed by atoms with Gasteiger partial charge in [-0.3, -0.25) is 9.59 Å². The topological polar surface area (TPSA) is 105 Å². The molecule has 1 aromatic rings. The van der Waals surface area contributed by atoms with Gasteiger partial charge in [0.1, 0.15) is 34.5 Å². The first kappa shape index (κ1) is 21.9. The molecule has 1 aromatic carbocycles. The van der Waals surface area contributed by atoms with Crippen molar-refractivity contribution in [2.24, 2.45) is 0 Å². The van der Waals surface area contributed by atoms with E-state index in [0.29, 0.717) is 11.5 Å². The van der Waals surface area contributed by atoms with E-state index in [4.69, 9.17) is 9.47 Å². The van der Waals surface area contributed by atoms with Crippen LogP contribution in [0.25, 0.3) is 0 Å². The van der Waals surface area contributed by atoms with Gasteiger partial charge >= 0.3 is 35.5 Å². The number of nitrogens with one attached hydrogen (secondary N) is 1. The Kier molecular flexibility index (Phi) is 6.40. The summed E-state index contributed by atoms with van der Waals surface area (Å²) in [5, 5.41) is 11.7. The van der Waals surface area contributed by atoms with Crippen LogP contribution in [-0.2, 0) is 9.59 Å². The number of methoxy groups -OCH3 is 2. The van der Waals surface area contributed by atoms with Crippen LogP contribution in [0.4, 0.5) is 0 Å². The molecule has 2 N–H and O–H groups in total. The molecule has 8 nitrogen and oxygen atoms in total. The number of benzene rings is 1. The fourth-order valence-electron chi connectivity index (χ4n) is 3.43. The molecular formula is C17H21N2NaO6S. The van der Waals surface area contributed by atoms with Crippen LogP contribution in [0.15, 0.2) is 18.2 Å². The van der Waals surface area contributed by atoms with Gasteiger partial charge in [0.25, 0.3) is 5.91 Å². The molecule has 142 valence electrons. The zero-order valence-corrected chi connectivity index (χ0v) is 15.6. The number of amides is 2. The van der Waals surface area contributed by atoms with Crippen molar-refractivity contribution in [3.63, 3.8) is 0 Å². The summed E-state index contributed by atoms with van der Waals surface area (Å²) in [7, 11) is 2.88. The number of hydrogen-bond acceptors (Lipinski definition) is 6. The molecule has 0 unspecified atom stereocenters. The molecule has 3 atom stereocenters. The average molecular weight is 404 g/mol. The molecule has 0 aromatic heterocycles. The number of carboxylic acid groups (broad SMARTS) is 1. The van der Waals surface area contributed by atoms with Gasteiger partial charge in [-0.25, -0.2) is 4.79 Å². The maximum absolute atomic E-state index is 12.8. The third-order valence-electron chi connectivity index (χ3n) is 4.62. The zero-order valence-electron chi connectivity index (χ0n) is 14.8. The van der Waals surface area contributed by atoms with E-state index in [1.165, 1.54) is 30.9 Å². The Hall–Kier alpha value is -1.42. The van der Waals surface area contributed by atoms with Gasteiger partial charge in [0.15, 0.2) is 0 Å². The van der Waals surface area contributed by atoms with Crippen molar-refractivity contribution in [1.82, 2.24) is 10.2 Å². The van der Waals surface area contributed by atoms with E-state index < -0.39 is 40.0 Å². The second-order valence-electron chi connectivity index (χ2n) is 6.59. The van der Waals surface area contributed by atoms with Crippen LogP contribution < -0.4 is 14.8 Å². The third kappa shape index (κ3) is 3.53. The first-order valence-corrected chi connectivity index (χ1v) is 8.85. The molecule has 0 spiro atoms. The molecule has 2 amide bonds. The number of carbonyl (C=O) groups excluding carboxylic acids is 2. The fourth-order valence-corrected chi connectivity index (χ4v) is 5.06. The molecule has 2 heterocycles. The maximum atomic E-state index is 12.8. The molecule has 0 aliphatic carbocycles. The summed E-state index contributed by atoms with van der Waals surface area (Å²) in [4.78, 5) is 38.1. The van der Waals surface area contributed by atoms with Crippen LogP contribution in [-0.4, -0.2) is 93.8 Å². The van der Waals surface area contributed by atoms with E-state index in [2.05, 4.69) is 5.32 Å². The molecule has 3 rings (SSSR count). The van der Waals surface area contributed by atoms with E-state index in [0.717, 1.165) is 0 Å². The predicted octanol–water partition coefficient (Wildman–Crippen LogP) is 0.301. The van der Waals surface area contributed by atoms with Gasteiger partial charge in [-0.2, -0.15) is 0 Å². The molecule has 2 fully saturated rings. The Morgan fingerprint density at radius 1 is 1.22 bits per heavy atom. The molecule has 2 aliphatic rings. The number of nitrogens with zero attached hydrogens (tertiary/aromatic N) is 1. The number of ether oxygens (including phenoxy) is 2. The molecule has 2 aliphatic heterocycles. The third-order valence-corrected chi connectivity index (χ3v) is 6.19. The molecule has 2 saturated heterocycles. The van der Waals surface area contributed by atoms with Crippen molar-refractivity contribution in [2.75, 3.05) is 14.2 Å². The van der Waals surface area contributed by atoms with Crippen LogP contribution in [0.1, 0.15) is 24.2 Å². The van der Waals surface area contributed by atoms with Crippen LogP contribution in [0.2, 0.25) is 0 Å². The van der Waals surface area contributed by atoms with Gasteiger partial charge in [-0.15, -0.1) is 11.8 Å². The number of hydrogen-bond donors (Lipinski definition) is 2. The predicted molar refractivity (Wildman–Crippen MR) is 102 cm³/mol. The number of thioether (sulfide) groups is 1. The second-order valence-corrected chi connectivity index (χ2v) is 8.36. The van der Waals surface area contributed by atoms with Gasteiger partial charge in [0.05, 0.1) is 14.2 Å². The van der Waals surface area contributed by atoms with Crippen molar-refractivity contribution in [3.05, 3.63) is 23.8 Å². The van der Waals surface area contributed by atoms with Crippen LogP contribution in [0.3, 0.4) is 0 Å². The quantitative estimate of drug-likeness (QED) is 0.537. The summed E-state index contributed by atoms with van der Waals surface area (Å²) in [5.74, 6) is -1.30. The summed E-state index contributed by atoms with van der Waals surface area (Å²) in [5.41, 5.74) is 0.195. The zero-order chi connectivity index (χ0) is 19.2. The van der Waals surface area contributed by atoms with Crippen LogP contribution >= 0.6 is 11.8 Å². The Labute approximate surface area is 183 Å². The Morgan fingerprint density at radius 3 is 2.26 bits per heavy atom. The van der Waals surface area contributed by atoms with Gasteiger partial charge in [0.2, 0.25) is 5.91 Å². The summed E-state index contributed by atoms with van der Waals surface area (Å²) >= 11 is 1.37. The minimum atomic E-state index is -1.05. The van der Waals surface area contributed by atoms with Crippen molar-refractivity contribution in [1.29, 1.82) is 0 Å². The summed E-state index contributed by atoms with van der Waals surface area (Å²) in [6, 6.07) is 3.24. The van der Waals surface area contributed by atoms with Crippen LogP contribution in [0.5, 0.6) is 11.5 Å². The summed E-state index contributed by atoms with van der Waals surface area (Å²) < 4.78 is 9.79. The van der Waals surface area contributed by atoms with E-state index in [-0.39, 0.29) is 35.1 Å². The van der Waals surface area contributed by atoms with Crippen molar-refractivity contribution in [2.45, 2.75) is 36.1 Å². The Morgan fingerprint density at radius 2 is 1.78 bits per heavy atom. The standard InChI is InChI=1S/C17H20N2O6S.Na.H/c1-17(2)12(16(22)23)19-14(21)11(15(19)26-17)18-13(20)10-8(24-3)6-5-7-9(10)25-4;;/h5-7,11-12,15H,1-4H3,(H,18,20)(H,22,23);;/t11-,12+,15-;;/m1../s1. The molecule has 0 bridgehead atoms. The van der Waals surface area contributed by atoms with E-state index in [1.807, 2.05) is 0 Å². The van der Waals surface area contributed by atoms with Gasteiger partial charge in [-0.05, 0) is 26.0 Å². The minimum absolute atomic E-state index is 0. The number of β-lactam (4-membered cyclic amide) rings is 1. The molecule has 0 radical (unpaired) electrons. The second kappa shape index (κ2) is 7.90. The van der Waals surface area contributed by atoms with Crippen LogP contribution in [0, 0.1) is 0 Å². The van der Waals surface area contributed by atoms with E-state index in [9.17, 15) is 19.5 Å². The van der Waals surface area contributed by atoms with Gasteiger partial charge < -0.3 is 24.8 Å². The summed E-state index contributed by atoms with van der Waals surface area (Å²) in [6.45, 7) is 3.56. The SMILES string of the molecule is COc1cccc(OC)c1C(=O)N[C@@H]1C(=O)N2[C@@H]1SC(C)(C)[C@@H]2C(=O)O.[NaH]. The molecule has 0 saturated carbocycles. The van der Waals surface area contributed by atoms with Crippen molar-refractivity contribution in [3.8, 4) is 11.5 Å². The normalized spacial score (nSPS) is 25.0. The Balaban J connectivity index is 0.00000261. The molecule has 27 heavy (non-hydrogen) atoms. The molecular weight excluding hydrogens is 383 g/mol. The van der Waals surface area contributed by atoms with Crippen molar-refractivity contribution >= 4 is 59.1 Å². The van der Waals surface area contributed by atoms with E-state index >= 15 is 0 Å². The first-order chi connectivity index (χ1) is 12.2. The first-order valence-electron chi connectivity index (χ1n) is 7.97. The number of rotatable bonds is 5. The number of aliphatic carboxylic acids is 1. The number of fused-ring (bicyclic) bond motifs is 1. The molecule has 10 heteroatoms. The average Bonchev–Trinajstić information content (AvgIpc) is 2.86. The fraction of sp³-hybridized carbons (Fsp3) is 0.471. The van der Waals surface area contributed by atoms with Crippen molar-refractivity contribution < 1.29 is 29.0 Å². The van der Waals surface area contributed by atoms with E-state index in [1.54, 1.807) is 32.0 Å². The number of carbonyl (C=O) groups is 3. The monoisotopic (exact) mass is 404 g/mol. The Bertz CT molecular complexity index is 764. The summed E-state index contributed by atoms with van der Waals surface area (Å²) in [6.07, 6.45) is 0. The van der Waals surface area contributed by atoms with Gasteiger partial charge in [0, 0.05) is 4.75 Å². The number of carboxylic acids is 1.